The average molecular weight is 345 g/mol. The van der Waals surface area contributed by atoms with E-state index in [-0.39, 0.29) is 5.91 Å². The van der Waals surface area contributed by atoms with E-state index in [1.165, 1.54) is 24.4 Å². The number of nitrogens with zero attached hydrogens (tertiary/aromatic N) is 4. The lowest BCUT2D eigenvalue weighted by Gasteiger charge is -2.34. The molecule has 3 heterocycles. The number of carbonyl (C=O) groups is 1. The van der Waals surface area contributed by atoms with Gasteiger partial charge in [-0.3, -0.25) is 14.7 Å². The number of hydrogen-bond donors (Lipinski definition) is 1. The summed E-state index contributed by atoms with van der Waals surface area (Å²) in [6, 6.07) is 5.58. The van der Waals surface area contributed by atoms with Crippen molar-refractivity contribution in [3.63, 3.8) is 0 Å². The Morgan fingerprint density at radius 2 is 2.08 bits per heavy atom. The van der Waals surface area contributed by atoms with E-state index in [0.717, 1.165) is 32.7 Å². The molecule has 0 saturated carbocycles. The zero-order valence-corrected chi connectivity index (χ0v) is 14.8. The number of piperazine rings is 1. The number of carbonyl (C=O) groups excluding carboxylic acids is 1. The highest BCUT2D eigenvalue weighted by Gasteiger charge is 2.26. The number of unbranched alkanes of at least 4 members (excludes halogenated alkanes) is 1. The molecule has 0 unspecified atom stereocenters. The largest absolute Gasteiger partial charge is 0.396 e. The molecule has 7 heteroatoms. The lowest BCUT2D eigenvalue weighted by molar-refractivity contribution is 0.0641. The van der Waals surface area contributed by atoms with E-state index in [1.54, 1.807) is 6.20 Å². The Morgan fingerprint density at radius 1 is 1.29 bits per heavy atom. The molecular weight excluding hydrogens is 322 g/mol. The first-order valence-corrected chi connectivity index (χ1v) is 9.16. The lowest BCUT2D eigenvalue weighted by Crippen LogP contribution is -2.48. The Balaban J connectivity index is 1.67. The molecule has 0 atom stereocenters. The Labute approximate surface area is 146 Å². The first-order valence-electron chi connectivity index (χ1n) is 8.39. The van der Waals surface area contributed by atoms with Crippen molar-refractivity contribution in [1.82, 2.24) is 19.2 Å². The summed E-state index contributed by atoms with van der Waals surface area (Å²) in [4.78, 5) is 21.9. The molecule has 3 rings (SSSR count). The minimum absolute atomic E-state index is 0.0117. The predicted molar refractivity (Wildman–Crippen MR) is 97.0 cm³/mol. The number of nitrogen functional groups attached to an aromatic ring is 1. The summed E-state index contributed by atoms with van der Waals surface area (Å²) in [6.45, 7) is 6.67. The van der Waals surface area contributed by atoms with Gasteiger partial charge < -0.3 is 10.6 Å². The van der Waals surface area contributed by atoms with E-state index >= 15 is 0 Å². The molecule has 1 aliphatic heterocycles. The third kappa shape index (κ3) is 3.57. The molecule has 0 spiro atoms. The van der Waals surface area contributed by atoms with Crippen molar-refractivity contribution in [2.45, 2.75) is 19.8 Å². The molecule has 0 bridgehead atoms. The SMILES string of the molecule is CCCCN1CCN(C(=O)c2snc(-c3ccccn3)c2N)CC1. The molecule has 2 aromatic heterocycles. The molecule has 1 aliphatic rings. The fourth-order valence-electron chi connectivity index (χ4n) is 2.84. The monoisotopic (exact) mass is 345 g/mol. The van der Waals surface area contributed by atoms with Crippen LogP contribution >= 0.6 is 11.5 Å². The molecule has 0 aliphatic carbocycles. The van der Waals surface area contributed by atoms with Crippen LogP contribution in [0.2, 0.25) is 0 Å². The molecule has 24 heavy (non-hydrogen) atoms. The van der Waals surface area contributed by atoms with Gasteiger partial charge in [0.05, 0.1) is 11.4 Å². The predicted octanol–water partition coefficient (Wildman–Crippen LogP) is 2.35. The van der Waals surface area contributed by atoms with Gasteiger partial charge in [-0.25, -0.2) is 0 Å². The van der Waals surface area contributed by atoms with Gasteiger partial charge in [-0.15, -0.1) is 0 Å². The number of hydrogen-bond acceptors (Lipinski definition) is 6. The van der Waals surface area contributed by atoms with Crippen LogP contribution in [-0.2, 0) is 0 Å². The van der Waals surface area contributed by atoms with E-state index < -0.39 is 0 Å². The first-order chi connectivity index (χ1) is 11.7. The van der Waals surface area contributed by atoms with Crippen molar-refractivity contribution in [3.05, 3.63) is 29.3 Å². The molecule has 1 saturated heterocycles. The topological polar surface area (TPSA) is 75.3 Å². The molecule has 2 aromatic rings. The van der Waals surface area contributed by atoms with Crippen molar-refractivity contribution in [3.8, 4) is 11.4 Å². The minimum Gasteiger partial charge on any atom is -0.396 e. The zero-order valence-electron chi connectivity index (χ0n) is 13.9. The van der Waals surface area contributed by atoms with Gasteiger partial charge in [-0.05, 0) is 36.6 Å². The van der Waals surface area contributed by atoms with Crippen LogP contribution in [-0.4, -0.2) is 57.8 Å². The van der Waals surface area contributed by atoms with E-state index in [0.29, 0.717) is 22.0 Å². The van der Waals surface area contributed by atoms with Crippen LogP contribution in [0, 0.1) is 0 Å². The summed E-state index contributed by atoms with van der Waals surface area (Å²) in [5, 5.41) is 0. The molecule has 1 fully saturated rings. The van der Waals surface area contributed by atoms with Gasteiger partial charge in [-0.2, -0.15) is 4.37 Å². The molecule has 1 amide bonds. The summed E-state index contributed by atoms with van der Waals surface area (Å²) in [6.07, 6.45) is 4.11. The number of rotatable bonds is 5. The van der Waals surface area contributed by atoms with Gasteiger partial charge in [0.15, 0.2) is 0 Å². The smallest absolute Gasteiger partial charge is 0.267 e. The maximum atomic E-state index is 12.8. The number of aromatic nitrogens is 2. The standard InChI is InChI=1S/C17H23N5OS/c1-2-3-8-21-9-11-22(12-10-21)17(23)16-14(18)15(20-24-16)13-6-4-5-7-19-13/h4-7H,2-3,8-12,18H2,1H3. The first kappa shape index (κ1) is 16.9. The van der Waals surface area contributed by atoms with Crippen LogP contribution in [0.1, 0.15) is 29.4 Å². The summed E-state index contributed by atoms with van der Waals surface area (Å²) < 4.78 is 4.35. The average Bonchev–Trinajstić information content (AvgIpc) is 3.02. The van der Waals surface area contributed by atoms with Crippen molar-refractivity contribution in [2.75, 3.05) is 38.5 Å². The minimum atomic E-state index is -0.0117. The van der Waals surface area contributed by atoms with Crippen LogP contribution in [0.25, 0.3) is 11.4 Å². The van der Waals surface area contributed by atoms with Crippen molar-refractivity contribution >= 4 is 23.1 Å². The van der Waals surface area contributed by atoms with E-state index in [2.05, 4.69) is 21.2 Å². The molecule has 0 aromatic carbocycles. The van der Waals surface area contributed by atoms with Crippen LogP contribution in [0.5, 0.6) is 0 Å². The van der Waals surface area contributed by atoms with Crippen molar-refractivity contribution in [1.29, 1.82) is 0 Å². The van der Waals surface area contributed by atoms with Gasteiger partial charge in [0.1, 0.15) is 10.6 Å². The highest BCUT2D eigenvalue weighted by atomic mass is 32.1. The maximum absolute atomic E-state index is 12.8. The third-order valence-electron chi connectivity index (χ3n) is 4.32. The van der Waals surface area contributed by atoms with Crippen LogP contribution in [0.15, 0.2) is 24.4 Å². The second kappa shape index (κ2) is 7.72. The lowest BCUT2D eigenvalue weighted by atomic mass is 10.2. The molecule has 0 radical (unpaired) electrons. The second-order valence-electron chi connectivity index (χ2n) is 5.98. The van der Waals surface area contributed by atoms with Gasteiger partial charge in [0.2, 0.25) is 0 Å². The maximum Gasteiger partial charge on any atom is 0.267 e. The van der Waals surface area contributed by atoms with Gasteiger partial charge in [0, 0.05) is 32.4 Å². The fourth-order valence-corrected chi connectivity index (χ4v) is 3.62. The fraction of sp³-hybridized carbons (Fsp3) is 0.471. The van der Waals surface area contributed by atoms with E-state index in [1.807, 2.05) is 23.1 Å². The summed E-state index contributed by atoms with van der Waals surface area (Å²) in [5.74, 6) is -0.0117. The number of amides is 1. The highest BCUT2D eigenvalue weighted by molar-refractivity contribution is 7.09. The number of anilines is 1. The Morgan fingerprint density at radius 3 is 2.75 bits per heavy atom. The zero-order chi connectivity index (χ0) is 16.9. The molecule has 128 valence electrons. The molecule has 6 nitrogen and oxygen atoms in total. The number of nitrogens with two attached hydrogens (primary N) is 1. The summed E-state index contributed by atoms with van der Waals surface area (Å²) >= 11 is 1.17. The Kier molecular flexibility index (Phi) is 5.42. The van der Waals surface area contributed by atoms with Crippen molar-refractivity contribution < 1.29 is 4.79 Å². The van der Waals surface area contributed by atoms with Crippen LogP contribution < -0.4 is 5.73 Å². The normalized spacial score (nSPS) is 15.6. The Bertz CT molecular complexity index is 680. The summed E-state index contributed by atoms with van der Waals surface area (Å²) in [7, 11) is 0. The Hall–Kier alpha value is -1.99. The van der Waals surface area contributed by atoms with Gasteiger partial charge in [-0.1, -0.05) is 19.4 Å². The van der Waals surface area contributed by atoms with E-state index in [9.17, 15) is 4.79 Å². The van der Waals surface area contributed by atoms with Crippen LogP contribution in [0.4, 0.5) is 5.69 Å². The highest BCUT2D eigenvalue weighted by Crippen LogP contribution is 2.30. The third-order valence-corrected chi connectivity index (χ3v) is 5.17. The van der Waals surface area contributed by atoms with Gasteiger partial charge in [0.25, 0.3) is 5.91 Å². The van der Waals surface area contributed by atoms with Crippen molar-refractivity contribution in [2.24, 2.45) is 0 Å². The number of pyridine rings is 1. The van der Waals surface area contributed by atoms with E-state index in [4.69, 9.17) is 5.73 Å². The second-order valence-corrected chi connectivity index (χ2v) is 6.75. The van der Waals surface area contributed by atoms with Crippen LogP contribution in [0.3, 0.4) is 0 Å². The molecular formula is C17H23N5OS. The summed E-state index contributed by atoms with van der Waals surface area (Å²) in [5.41, 5.74) is 7.93. The van der Waals surface area contributed by atoms with Gasteiger partial charge >= 0.3 is 0 Å². The quantitative estimate of drug-likeness (QED) is 0.900. The molecule has 2 N–H and O–H groups in total.